The fraction of sp³-hybridized carbons (Fsp3) is 0.409. The largest absolute Gasteiger partial charge is 0.372 e. The van der Waals surface area contributed by atoms with Crippen molar-refractivity contribution in [3.8, 4) is 0 Å². The molecular formula is C22H33N3O. The van der Waals surface area contributed by atoms with Gasteiger partial charge < -0.3 is 4.90 Å². The lowest BCUT2D eigenvalue weighted by Gasteiger charge is -2.22. The Morgan fingerprint density at radius 1 is 0.923 bits per heavy atom. The van der Waals surface area contributed by atoms with Gasteiger partial charge in [0, 0.05) is 18.8 Å². The van der Waals surface area contributed by atoms with Crippen LogP contribution in [-0.2, 0) is 24.1 Å². The summed E-state index contributed by atoms with van der Waals surface area (Å²) in [5.41, 5.74) is 7.07. The van der Waals surface area contributed by atoms with Crippen molar-refractivity contribution >= 4 is 11.6 Å². The topological polar surface area (TPSA) is 58.4 Å². The number of carbonyl (C=O) groups excluding carboxylic acids is 1. The molecule has 4 nitrogen and oxygen atoms in total. The van der Waals surface area contributed by atoms with Crippen molar-refractivity contribution in [3.05, 3.63) is 65.2 Å². The second-order valence-electron chi connectivity index (χ2n) is 6.31. The molecule has 26 heavy (non-hydrogen) atoms. The second-order valence-corrected chi connectivity index (χ2v) is 6.31. The van der Waals surface area contributed by atoms with Gasteiger partial charge in [0.05, 0.1) is 6.42 Å². The highest BCUT2D eigenvalue weighted by atomic mass is 16.2. The number of nitrogens with zero attached hydrogens (tertiary/aromatic N) is 1. The first kappa shape index (κ1) is 21.7. The number of hydrogen-bond acceptors (Lipinski definition) is 3. The minimum Gasteiger partial charge on any atom is -0.372 e. The van der Waals surface area contributed by atoms with Crippen LogP contribution in [0.1, 0.15) is 44.4 Å². The van der Waals surface area contributed by atoms with E-state index in [0.717, 1.165) is 31.5 Å². The van der Waals surface area contributed by atoms with E-state index in [1.807, 2.05) is 12.1 Å². The molecule has 0 bridgehead atoms. The fourth-order valence-electron chi connectivity index (χ4n) is 2.96. The Balaban J connectivity index is 0.00000338. The van der Waals surface area contributed by atoms with Crippen molar-refractivity contribution in [2.45, 2.75) is 47.0 Å². The Kier molecular flexibility index (Phi) is 9.45. The number of carbonyl (C=O) groups is 1. The Bertz CT molecular complexity index is 650. The number of nitrogens with one attached hydrogen (secondary N) is 1. The number of hydrogen-bond donors (Lipinski definition) is 2. The van der Waals surface area contributed by atoms with Gasteiger partial charge in [0.2, 0.25) is 5.91 Å². The van der Waals surface area contributed by atoms with Crippen LogP contribution in [0.5, 0.6) is 0 Å². The molecule has 1 amide bonds. The molecule has 0 aliphatic heterocycles. The minimum absolute atomic E-state index is 0. The van der Waals surface area contributed by atoms with E-state index in [2.05, 4.69) is 60.6 Å². The summed E-state index contributed by atoms with van der Waals surface area (Å²) >= 11 is 0. The van der Waals surface area contributed by atoms with Gasteiger partial charge in [-0.05, 0) is 55.0 Å². The highest BCUT2D eigenvalue weighted by molar-refractivity contribution is 5.77. The first-order chi connectivity index (χ1) is 12.2. The zero-order chi connectivity index (χ0) is 18.1. The lowest BCUT2D eigenvalue weighted by atomic mass is 10.0. The smallest absolute Gasteiger partial charge is 0.238 e. The fourth-order valence-corrected chi connectivity index (χ4v) is 2.96. The zero-order valence-corrected chi connectivity index (χ0v) is 15.3. The average Bonchev–Trinajstić information content (AvgIpc) is 2.66. The number of hydrazine groups is 1. The highest BCUT2D eigenvalue weighted by Gasteiger charge is 2.04. The molecule has 0 aromatic heterocycles. The van der Waals surface area contributed by atoms with Gasteiger partial charge in [0.15, 0.2) is 0 Å². The third-order valence-corrected chi connectivity index (χ3v) is 4.43. The minimum atomic E-state index is -0.169. The summed E-state index contributed by atoms with van der Waals surface area (Å²) in [7, 11) is 0. The van der Waals surface area contributed by atoms with E-state index in [4.69, 9.17) is 5.84 Å². The molecule has 3 N–H and O–H groups in total. The van der Waals surface area contributed by atoms with Crippen molar-refractivity contribution in [2.75, 3.05) is 18.0 Å². The van der Waals surface area contributed by atoms with Gasteiger partial charge >= 0.3 is 0 Å². The third kappa shape index (κ3) is 6.52. The van der Waals surface area contributed by atoms with Gasteiger partial charge in [-0.2, -0.15) is 0 Å². The summed E-state index contributed by atoms with van der Waals surface area (Å²) in [5, 5.41) is 0. The van der Waals surface area contributed by atoms with Crippen LogP contribution in [0.3, 0.4) is 0 Å². The summed E-state index contributed by atoms with van der Waals surface area (Å²) < 4.78 is 0. The van der Waals surface area contributed by atoms with Gasteiger partial charge in [0.1, 0.15) is 0 Å². The van der Waals surface area contributed by atoms with Gasteiger partial charge in [0.25, 0.3) is 0 Å². The molecule has 142 valence electrons. The Hall–Kier alpha value is -2.33. The maximum atomic E-state index is 11.3. The van der Waals surface area contributed by atoms with Crippen LogP contribution in [0, 0.1) is 0 Å². The molecule has 0 spiro atoms. The molecule has 0 saturated heterocycles. The molecule has 0 atom stereocenters. The molecule has 0 aliphatic carbocycles. The van der Waals surface area contributed by atoms with Gasteiger partial charge in [-0.1, -0.05) is 50.7 Å². The standard InChI is InChI=1S/C21H29N3O.CH4/c1-3-15-24(4-2)20-13-11-18(12-14-20)6-5-17-7-9-19(10-8-17)16-21(25)23-22;/h7-14H,3-6,15-16,22H2,1-2H3,(H,23,25);1H4. The summed E-state index contributed by atoms with van der Waals surface area (Å²) in [6, 6.07) is 17.1. The van der Waals surface area contributed by atoms with Gasteiger partial charge in [-0.3, -0.25) is 10.2 Å². The van der Waals surface area contributed by atoms with E-state index in [1.54, 1.807) is 0 Å². The van der Waals surface area contributed by atoms with Crippen LogP contribution in [0.25, 0.3) is 0 Å². The summed E-state index contributed by atoms with van der Waals surface area (Å²) in [6.45, 7) is 6.56. The van der Waals surface area contributed by atoms with Crippen LogP contribution >= 0.6 is 0 Å². The Morgan fingerprint density at radius 3 is 1.88 bits per heavy atom. The van der Waals surface area contributed by atoms with Crippen LogP contribution in [0.15, 0.2) is 48.5 Å². The van der Waals surface area contributed by atoms with Crippen LogP contribution in [0.2, 0.25) is 0 Å². The molecule has 0 saturated carbocycles. The highest BCUT2D eigenvalue weighted by Crippen LogP contribution is 2.17. The summed E-state index contributed by atoms with van der Waals surface area (Å²) in [6.07, 6.45) is 3.50. The van der Waals surface area contributed by atoms with Crippen LogP contribution < -0.4 is 16.2 Å². The Morgan fingerprint density at radius 2 is 1.42 bits per heavy atom. The first-order valence-corrected chi connectivity index (χ1v) is 9.07. The zero-order valence-electron chi connectivity index (χ0n) is 15.3. The van der Waals surface area contributed by atoms with E-state index < -0.39 is 0 Å². The normalized spacial score (nSPS) is 10.1. The Labute approximate surface area is 158 Å². The van der Waals surface area contributed by atoms with Crippen molar-refractivity contribution in [1.29, 1.82) is 0 Å². The number of rotatable bonds is 9. The lowest BCUT2D eigenvalue weighted by molar-refractivity contribution is -0.120. The van der Waals surface area contributed by atoms with E-state index in [1.165, 1.54) is 23.2 Å². The summed E-state index contributed by atoms with van der Waals surface area (Å²) in [5.74, 6) is 4.94. The molecule has 0 heterocycles. The molecule has 2 rings (SSSR count). The molecule has 0 radical (unpaired) electrons. The monoisotopic (exact) mass is 355 g/mol. The van der Waals surface area contributed by atoms with Gasteiger partial charge in [-0.25, -0.2) is 5.84 Å². The molecular weight excluding hydrogens is 322 g/mol. The SMILES string of the molecule is C.CCCN(CC)c1ccc(CCc2ccc(CC(=O)NN)cc2)cc1. The summed E-state index contributed by atoms with van der Waals surface area (Å²) in [4.78, 5) is 13.7. The number of nitrogens with two attached hydrogens (primary N) is 1. The van der Waals surface area contributed by atoms with Crippen LogP contribution in [-0.4, -0.2) is 19.0 Å². The van der Waals surface area contributed by atoms with Crippen molar-refractivity contribution in [3.63, 3.8) is 0 Å². The molecule has 2 aromatic rings. The molecule has 4 heteroatoms. The van der Waals surface area contributed by atoms with Gasteiger partial charge in [-0.15, -0.1) is 0 Å². The van der Waals surface area contributed by atoms with Crippen molar-refractivity contribution in [1.82, 2.24) is 5.43 Å². The second kappa shape index (κ2) is 11.3. The lowest BCUT2D eigenvalue weighted by Crippen LogP contribution is -2.31. The number of anilines is 1. The predicted molar refractivity (Wildman–Crippen MR) is 111 cm³/mol. The maximum absolute atomic E-state index is 11.3. The average molecular weight is 356 g/mol. The first-order valence-electron chi connectivity index (χ1n) is 9.07. The number of amides is 1. The maximum Gasteiger partial charge on any atom is 0.238 e. The van der Waals surface area contributed by atoms with Crippen molar-refractivity contribution < 1.29 is 4.79 Å². The predicted octanol–water partition coefficient (Wildman–Crippen LogP) is 3.88. The number of benzene rings is 2. The number of aryl methyl sites for hydroxylation is 2. The third-order valence-electron chi connectivity index (χ3n) is 4.43. The van der Waals surface area contributed by atoms with Crippen molar-refractivity contribution in [2.24, 2.45) is 5.84 Å². The molecule has 0 fully saturated rings. The molecule has 0 unspecified atom stereocenters. The van der Waals surface area contributed by atoms with E-state index in [9.17, 15) is 4.79 Å². The molecule has 2 aromatic carbocycles. The van der Waals surface area contributed by atoms with E-state index >= 15 is 0 Å². The van der Waals surface area contributed by atoms with Crippen LogP contribution in [0.4, 0.5) is 5.69 Å². The molecule has 0 aliphatic rings. The quantitative estimate of drug-likeness (QED) is 0.408. The van der Waals surface area contributed by atoms with E-state index in [0.29, 0.717) is 6.42 Å². The van der Waals surface area contributed by atoms with E-state index in [-0.39, 0.29) is 13.3 Å².